The Bertz CT molecular complexity index is 420. The van der Waals surface area contributed by atoms with Crippen LogP contribution in [0.5, 0.6) is 5.75 Å². The number of hydrogen-bond donors (Lipinski definition) is 1. The number of para-hydroxylation sites is 1. The van der Waals surface area contributed by atoms with Crippen molar-refractivity contribution in [1.82, 2.24) is 10.2 Å². The van der Waals surface area contributed by atoms with E-state index in [0.29, 0.717) is 13.2 Å². The van der Waals surface area contributed by atoms with E-state index in [-0.39, 0.29) is 6.03 Å². The second kappa shape index (κ2) is 6.45. The largest absolute Gasteiger partial charge is 0.491 e. The van der Waals surface area contributed by atoms with Crippen molar-refractivity contribution in [2.75, 3.05) is 26.2 Å². The fourth-order valence-electron chi connectivity index (χ4n) is 2.37. The Morgan fingerprint density at radius 3 is 2.53 bits per heavy atom. The Hall–Kier alpha value is -1.71. The summed E-state index contributed by atoms with van der Waals surface area (Å²) in [6.45, 7) is 6.87. The Kier molecular flexibility index (Phi) is 4.66. The zero-order valence-corrected chi connectivity index (χ0v) is 11.7. The van der Waals surface area contributed by atoms with Crippen LogP contribution in [0.25, 0.3) is 0 Å². The summed E-state index contributed by atoms with van der Waals surface area (Å²) in [4.78, 5) is 13.6. The molecule has 1 heterocycles. The molecule has 1 aliphatic heterocycles. The van der Waals surface area contributed by atoms with Gasteiger partial charge in [-0.2, -0.15) is 0 Å². The van der Waals surface area contributed by atoms with E-state index in [9.17, 15) is 4.79 Å². The highest BCUT2D eigenvalue weighted by Crippen LogP contribution is 2.21. The summed E-state index contributed by atoms with van der Waals surface area (Å²) in [5.41, 5.74) is 2.26. The van der Waals surface area contributed by atoms with Crippen LogP contribution < -0.4 is 10.1 Å². The molecule has 1 aliphatic rings. The molecule has 19 heavy (non-hydrogen) atoms. The fourth-order valence-corrected chi connectivity index (χ4v) is 2.37. The highest BCUT2D eigenvalue weighted by atomic mass is 16.5. The number of carbonyl (C=O) groups excluding carboxylic acids is 1. The van der Waals surface area contributed by atoms with Gasteiger partial charge in [-0.1, -0.05) is 18.2 Å². The van der Waals surface area contributed by atoms with Crippen molar-refractivity contribution in [2.24, 2.45) is 0 Å². The molecule has 0 bridgehead atoms. The second-order valence-corrected chi connectivity index (χ2v) is 5.00. The van der Waals surface area contributed by atoms with E-state index in [4.69, 9.17) is 4.74 Å². The van der Waals surface area contributed by atoms with Crippen molar-refractivity contribution in [2.45, 2.75) is 26.7 Å². The van der Waals surface area contributed by atoms with Gasteiger partial charge < -0.3 is 15.0 Å². The normalized spacial score (nSPS) is 14.5. The average molecular weight is 262 g/mol. The molecule has 0 radical (unpaired) electrons. The zero-order valence-electron chi connectivity index (χ0n) is 11.7. The van der Waals surface area contributed by atoms with Crippen molar-refractivity contribution in [3.8, 4) is 5.75 Å². The Balaban J connectivity index is 1.73. The summed E-state index contributed by atoms with van der Waals surface area (Å²) >= 11 is 0. The molecule has 2 amide bonds. The Morgan fingerprint density at radius 2 is 1.89 bits per heavy atom. The number of aryl methyl sites for hydroxylation is 2. The number of carbonyl (C=O) groups is 1. The maximum Gasteiger partial charge on any atom is 0.317 e. The van der Waals surface area contributed by atoms with Crippen LogP contribution in [0.1, 0.15) is 24.0 Å². The van der Waals surface area contributed by atoms with Crippen molar-refractivity contribution in [3.63, 3.8) is 0 Å². The van der Waals surface area contributed by atoms with E-state index < -0.39 is 0 Å². The molecule has 0 saturated carbocycles. The smallest absolute Gasteiger partial charge is 0.317 e. The molecule has 4 heteroatoms. The lowest BCUT2D eigenvalue weighted by atomic mass is 10.1. The van der Waals surface area contributed by atoms with E-state index in [2.05, 4.69) is 5.32 Å². The predicted octanol–water partition coefficient (Wildman–Crippen LogP) is 2.49. The summed E-state index contributed by atoms with van der Waals surface area (Å²) < 4.78 is 5.75. The summed E-state index contributed by atoms with van der Waals surface area (Å²) in [6, 6.07) is 6.12. The molecule has 0 spiro atoms. The molecule has 4 nitrogen and oxygen atoms in total. The average Bonchev–Trinajstić information content (AvgIpc) is 2.91. The number of nitrogens with one attached hydrogen (secondary N) is 1. The highest BCUT2D eigenvalue weighted by molar-refractivity contribution is 5.74. The van der Waals surface area contributed by atoms with Gasteiger partial charge in [0.15, 0.2) is 0 Å². The molecular formula is C15H22N2O2. The van der Waals surface area contributed by atoms with E-state index in [1.165, 1.54) is 0 Å². The molecular weight excluding hydrogens is 240 g/mol. The van der Waals surface area contributed by atoms with E-state index in [0.717, 1.165) is 42.8 Å². The molecule has 0 unspecified atom stereocenters. The molecule has 2 rings (SSSR count). The first-order chi connectivity index (χ1) is 9.18. The van der Waals surface area contributed by atoms with Gasteiger partial charge in [0.25, 0.3) is 0 Å². The minimum atomic E-state index is 0.0302. The van der Waals surface area contributed by atoms with Gasteiger partial charge in [-0.25, -0.2) is 4.79 Å². The molecule has 0 aliphatic carbocycles. The lowest BCUT2D eigenvalue weighted by Gasteiger charge is -2.17. The van der Waals surface area contributed by atoms with Crippen LogP contribution in [0.4, 0.5) is 4.79 Å². The van der Waals surface area contributed by atoms with E-state index in [1.807, 2.05) is 36.9 Å². The molecule has 1 fully saturated rings. The summed E-state index contributed by atoms with van der Waals surface area (Å²) in [6.07, 6.45) is 2.23. The van der Waals surface area contributed by atoms with Crippen molar-refractivity contribution in [3.05, 3.63) is 29.3 Å². The topological polar surface area (TPSA) is 41.6 Å². The van der Waals surface area contributed by atoms with Crippen LogP contribution in [0.2, 0.25) is 0 Å². The number of amides is 2. The minimum Gasteiger partial charge on any atom is -0.491 e. The van der Waals surface area contributed by atoms with Gasteiger partial charge in [-0.15, -0.1) is 0 Å². The minimum absolute atomic E-state index is 0.0302. The molecule has 1 saturated heterocycles. The van der Waals surface area contributed by atoms with Crippen LogP contribution in [0.15, 0.2) is 18.2 Å². The third kappa shape index (κ3) is 3.63. The second-order valence-electron chi connectivity index (χ2n) is 5.00. The van der Waals surface area contributed by atoms with Gasteiger partial charge in [0, 0.05) is 13.1 Å². The Labute approximate surface area is 114 Å². The maximum atomic E-state index is 11.7. The van der Waals surface area contributed by atoms with Crippen LogP contribution >= 0.6 is 0 Å². The number of benzene rings is 1. The predicted molar refractivity (Wildman–Crippen MR) is 75.6 cm³/mol. The number of likely N-dealkylation sites (tertiary alicyclic amines) is 1. The van der Waals surface area contributed by atoms with Gasteiger partial charge in [-0.3, -0.25) is 0 Å². The van der Waals surface area contributed by atoms with Crippen molar-refractivity contribution in [1.29, 1.82) is 0 Å². The zero-order chi connectivity index (χ0) is 13.7. The SMILES string of the molecule is Cc1cccc(C)c1OCCNC(=O)N1CCCC1. The third-order valence-corrected chi connectivity index (χ3v) is 3.43. The van der Waals surface area contributed by atoms with E-state index >= 15 is 0 Å². The lowest BCUT2D eigenvalue weighted by Crippen LogP contribution is -2.39. The third-order valence-electron chi connectivity index (χ3n) is 3.43. The molecule has 1 N–H and O–H groups in total. The number of ether oxygens (including phenoxy) is 1. The highest BCUT2D eigenvalue weighted by Gasteiger charge is 2.16. The number of rotatable bonds is 4. The van der Waals surface area contributed by atoms with Crippen molar-refractivity contribution < 1.29 is 9.53 Å². The first kappa shape index (κ1) is 13.7. The van der Waals surface area contributed by atoms with E-state index in [1.54, 1.807) is 0 Å². The lowest BCUT2D eigenvalue weighted by molar-refractivity contribution is 0.205. The van der Waals surface area contributed by atoms with Gasteiger partial charge in [0.05, 0.1) is 6.54 Å². The monoisotopic (exact) mass is 262 g/mol. The first-order valence-corrected chi connectivity index (χ1v) is 6.90. The first-order valence-electron chi connectivity index (χ1n) is 6.90. The summed E-state index contributed by atoms with van der Waals surface area (Å²) in [7, 11) is 0. The van der Waals surface area contributed by atoms with Gasteiger partial charge in [0.2, 0.25) is 0 Å². The molecule has 0 atom stereocenters. The number of urea groups is 1. The summed E-state index contributed by atoms with van der Waals surface area (Å²) in [5, 5.41) is 2.90. The van der Waals surface area contributed by atoms with Gasteiger partial charge in [0.1, 0.15) is 12.4 Å². The van der Waals surface area contributed by atoms with Crippen LogP contribution in [-0.2, 0) is 0 Å². The quantitative estimate of drug-likeness (QED) is 0.847. The molecule has 104 valence electrons. The fraction of sp³-hybridized carbons (Fsp3) is 0.533. The Morgan fingerprint density at radius 1 is 1.26 bits per heavy atom. The standard InChI is InChI=1S/C15H22N2O2/c1-12-6-5-7-13(2)14(12)19-11-8-16-15(18)17-9-3-4-10-17/h5-7H,3-4,8-11H2,1-2H3,(H,16,18). The van der Waals surface area contributed by atoms with Crippen LogP contribution in [0.3, 0.4) is 0 Å². The molecule has 1 aromatic carbocycles. The van der Waals surface area contributed by atoms with Crippen LogP contribution in [0, 0.1) is 13.8 Å². The van der Waals surface area contributed by atoms with Gasteiger partial charge >= 0.3 is 6.03 Å². The number of hydrogen-bond acceptors (Lipinski definition) is 2. The summed E-state index contributed by atoms with van der Waals surface area (Å²) in [5.74, 6) is 0.929. The van der Waals surface area contributed by atoms with Gasteiger partial charge in [-0.05, 0) is 37.8 Å². The molecule has 0 aromatic heterocycles. The maximum absolute atomic E-state index is 11.7. The van der Waals surface area contributed by atoms with Crippen molar-refractivity contribution >= 4 is 6.03 Å². The number of nitrogens with zero attached hydrogens (tertiary/aromatic N) is 1. The van der Waals surface area contributed by atoms with Crippen LogP contribution in [-0.4, -0.2) is 37.2 Å². The molecule has 1 aromatic rings.